The Kier molecular flexibility index (Phi) is 4.59. The van der Waals surface area contributed by atoms with Crippen molar-refractivity contribution in [3.63, 3.8) is 0 Å². The molecular formula is C18H24N2O2. The van der Waals surface area contributed by atoms with Gasteiger partial charge in [0.1, 0.15) is 5.75 Å². The zero-order chi connectivity index (χ0) is 16.4. The third-order valence-electron chi connectivity index (χ3n) is 3.85. The largest absolute Gasteiger partial charge is 0.495 e. The lowest BCUT2D eigenvalue weighted by Gasteiger charge is -2.14. The highest BCUT2D eigenvalue weighted by Crippen LogP contribution is 2.27. The third kappa shape index (κ3) is 3.01. The predicted molar refractivity (Wildman–Crippen MR) is 90.0 cm³/mol. The molecule has 0 saturated heterocycles. The number of nitrogens with zero attached hydrogens (tertiary/aromatic N) is 1. The van der Waals surface area contributed by atoms with E-state index in [1.165, 1.54) is 0 Å². The minimum absolute atomic E-state index is 0.107. The second-order valence-corrected chi connectivity index (χ2v) is 5.91. The van der Waals surface area contributed by atoms with Crippen LogP contribution in [0.2, 0.25) is 0 Å². The number of aryl methyl sites for hydroxylation is 2. The molecule has 0 unspecified atom stereocenters. The Balaban J connectivity index is 2.34. The molecule has 1 aromatic heterocycles. The van der Waals surface area contributed by atoms with Crippen LogP contribution in [0.25, 0.3) is 0 Å². The molecule has 118 valence electrons. The summed E-state index contributed by atoms with van der Waals surface area (Å²) in [4.78, 5) is 12.6. The van der Waals surface area contributed by atoms with Gasteiger partial charge in [-0.1, -0.05) is 6.07 Å². The molecule has 4 nitrogen and oxygen atoms in total. The Labute approximate surface area is 132 Å². The Morgan fingerprint density at radius 1 is 1.18 bits per heavy atom. The van der Waals surface area contributed by atoms with E-state index in [1.807, 2.05) is 45.0 Å². The van der Waals surface area contributed by atoms with Crippen molar-refractivity contribution in [3.05, 3.63) is 46.8 Å². The Bertz CT molecular complexity index is 699. The topological polar surface area (TPSA) is 43.3 Å². The zero-order valence-electron chi connectivity index (χ0n) is 14.2. The molecule has 0 aliphatic carbocycles. The minimum atomic E-state index is -0.107. The van der Waals surface area contributed by atoms with Crippen LogP contribution >= 0.6 is 0 Å². The molecule has 0 radical (unpaired) electrons. The van der Waals surface area contributed by atoms with Crippen LogP contribution in [0.15, 0.2) is 24.3 Å². The van der Waals surface area contributed by atoms with Crippen molar-refractivity contribution in [3.8, 4) is 5.75 Å². The molecule has 0 bridgehead atoms. The first-order valence-corrected chi connectivity index (χ1v) is 7.49. The first-order valence-electron chi connectivity index (χ1n) is 7.49. The molecular weight excluding hydrogens is 276 g/mol. The van der Waals surface area contributed by atoms with Gasteiger partial charge in [0, 0.05) is 17.4 Å². The van der Waals surface area contributed by atoms with E-state index in [9.17, 15) is 4.79 Å². The van der Waals surface area contributed by atoms with Crippen LogP contribution in [0, 0.1) is 20.8 Å². The average Bonchev–Trinajstić information content (AvgIpc) is 2.74. The van der Waals surface area contributed by atoms with Gasteiger partial charge in [-0.2, -0.15) is 0 Å². The molecule has 4 heteroatoms. The quantitative estimate of drug-likeness (QED) is 0.917. The van der Waals surface area contributed by atoms with E-state index in [0.29, 0.717) is 23.0 Å². The van der Waals surface area contributed by atoms with Crippen molar-refractivity contribution in [2.75, 3.05) is 12.4 Å². The number of carbonyl (C=O) groups excluding carboxylic acids is 1. The lowest BCUT2D eigenvalue weighted by molar-refractivity contribution is 0.102. The number of hydrogen-bond acceptors (Lipinski definition) is 2. The molecule has 0 aliphatic rings. The Morgan fingerprint density at radius 3 is 2.41 bits per heavy atom. The molecule has 1 N–H and O–H groups in total. The van der Waals surface area contributed by atoms with Crippen molar-refractivity contribution >= 4 is 11.6 Å². The Hall–Kier alpha value is -2.23. The first-order chi connectivity index (χ1) is 10.3. The van der Waals surface area contributed by atoms with E-state index in [-0.39, 0.29) is 5.91 Å². The molecule has 0 saturated carbocycles. The number of carbonyl (C=O) groups is 1. The summed E-state index contributed by atoms with van der Waals surface area (Å²) in [6.45, 7) is 10.2. The number of benzene rings is 1. The fourth-order valence-corrected chi connectivity index (χ4v) is 2.91. The van der Waals surface area contributed by atoms with Gasteiger partial charge in [-0.15, -0.1) is 0 Å². The number of ether oxygens (including phenoxy) is 1. The normalized spacial score (nSPS) is 10.9. The monoisotopic (exact) mass is 300 g/mol. The van der Waals surface area contributed by atoms with E-state index in [4.69, 9.17) is 4.74 Å². The number of hydrogen-bond donors (Lipinski definition) is 1. The van der Waals surface area contributed by atoms with Gasteiger partial charge in [-0.05, 0) is 58.4 Å². The smallest absolute Gasteiger partial charge is 0.257 e. The SMILES string of the molecule is COc1ccc(C)cc1NC(=O)c1cc(C)n(C(C)C)c1C. The van der Waals surface area contributed by atoms with Crippen molar-refractivity contribution in [1.82, 2.24) is 4.57 Å². The second-order valence-electron chi connectivity index (χ2n) is 5.91. The van der Waals surface area contributed by atoms with E-state index in [1.54, 1.807) is 7.11 Å². The molecule has 1 aromatic carbocycles. The summed E-state index contributed by atoms with van der Waals surface area (Å²) in [5.74, 6) is 0.556. The van der Waals surface area contributed by atoms with Crippen LogP contribution in [0.1, 0.15) is 47.2 Å². The highest BCUT2D eigenvalue weighted by molar-refractivity contribution is 6.06. The summed E-state index contributed by atoms with van der Waals surface area (Å²) >= 11 is 0. The Morgan fingerprint density at radius 2 is 1.86 bits per heavy atom. The maximum atomic E-state index is 12.6. The molecule has 22 heavy (non-hydrogen) atoms. The maximum absolute atomic E-state index is 12.6. The van der Waals surface area contributed by atoms with Crippen molar-refractivity contribution in [1.29, 1.82) is 0 Å². The van der Waals surface area contributed by atoms with Crippen LogP contribution in [-0.2, 0) is 0 Å². The van der Waals surface area contributed by atoms with Crippen molar-refractivity contribution < 1.29 is 9.53 Å². The summed E-state index contributed by atoms with van der Waals surface area (Å²) in [5, 5.41) is 2.96. The van der Waals surface area contributed by atoms with Crippen LogP contribution in [-0.4, -0.2) is 17.6 Å². The molecule has 2 aromatic rings. The van der Waals surface area contributed by atoms with E-state index < -0.39 is 0 Å². The highest BCUT2D eigenvalue weighted by atomic mass is 16.5. The summed E-state index contributed by atoms with van der Waals surface area (Å²) in [7, 11) is 1.60. The third-order valence-corrected chi connectivity index (χ3v) is 3.85. The summed E-state index contributed by atoms with van der Waals surface area (Å²) < 4.78 is 7.48. The number of amides is 1. The summed E-state index contributed by atoms with van der Waals surface area (Å²) in [5.41, 5.74) is 4.55. The molecule has 0 atom stereocenters. The van der Waals surface area contributed by atoms with Gasteiger partial charge in [-0.25, -0.2) is 0 Å². The number of rotatable bonds is 4. The van der Waals surface area contributed by atoms with Gasteiger partial charge in [0.25, 0.3) is 5.91 Å². The van der Waals surface area contributed by atoms with Gasteiger partial charge in [-0.3, -0.25) is 4.79 Å². The van der Waals surface area contributed by atoms with Crippen molar-refractivity contribution in [2.24, 2.45) is 0 Å². The predicted octanol–water partition coefficient (Wildman–Crippen LogP) is 4.26. The standard InChI is InChI=1S/C18H24N2O2/c1-11(2)20-13(4)10-15(14(20)5)18(21)19-16-9-12(3)7-8-17(16)22-6/h7-11H,1-6H3,(H,19,21). The molecule has 1 amide bonds. The van der Waals surface area contributed by atoms with Gasteiger partial charge in [0.2, 0.25) is 0 Å². The maximum Gasteiger partial charge on any atom is 0.257 e. The molecule has 0 spiro atoms. The second kappa shape index (κ2) is 6.26. The summed E-state index contributed by atoms with van der Waals surface area (Å²) in [6.07, 6.45) is 0. The van der Waals surface area contributed by atoms with Crippen molar-refractivity contribution in [2.45, 2.75) is 40.7 Å². The van der Waals surface area contributed by atoms with E-state index in [0.717, 1.165) is 17.0 Å². The molecule has 2 rings (SSSR count). The molecule has 0 fully saturated rings. The van der Waals surface area contributed by atoms with Gasteiger partial charge >= 0.3 is 0 Å². The lowest BCUT2D eigenvalue weighted by Crippen LogP contribution is -2.14. The summed E-state index contributed by atoms with van der Waals surface area (Å²) in [6, 6.07) is 8.00. The van der Waals surface area contributed by atoms with Gasteiger partial charge in [0.15, 0.2) is 0 Å². The van der Waals surface area contributed by atoms with Crippen LogP contribution < -0.4 is 10.1 Å². The first kappa shape index (κ1) is 16.1. The van der Waals surface area contributed by atoms with Crippen LogP contribution in [0.4, 0.5) is 5.69 Å². The highest BCUT2D eigenvalue weighted by Gasteiger charge is 2.18. The fraction of sp³-hybridized carbons (Fsp3) is 0.389. The molecule has 0 aliphatic heterocycles. The number of nitrogens with one attached hydrogen (secondary N) is 1. The van der Waals surface area contributed by atoms with Crippen LogP contribution in [0.5, 0.6) is 5.75 Å². The van der Waals surface area contributed by atoms with Crippen LogP contribution in [0.3, 0.4) is 0 Å². The average molecular weight is 300 g/mol. The van der Waals surface area contributed by atoms with E-state index >= 15 is 0 Å². The number of methoxy groups -OCH3 is 1. The number of anilines is 1. The molecule has 1 heterocycles. The van der Waals surface area contributed by atoms with Gasteiger partial charge in [0.05, 0.1) is 18.4 Å². The van der Waals surface area contributed by atoms with E-state index in [2.05, 4.69) is 23.7 Å². The van der Waals surface area contributed by atoms with Gasteiger partial charge < -0.3 is 14.6 Å². The fourth-order valence-electron chi connectivity index (χ4n) is 2.91. The number of aromatic nitrogens is 1. The zero-order valence-corrected chi connectivity index (χ0v) is 14.2. The minimum Gasteiger partial charge on any atom is -0.495 e. The lowest BCUT2D eigenvalue weighted by atomic mass is 10.2.